The van der Waals surface area contributed by atoms with E-state index in [4.69, 9.17) is 5.11 Å². The summed E-state index contributed by atoms with van der Waals surface area (Å²) in [4.78, 5) is 23.7. The Kier molecular flexibility index (Phi) is 1.99. The second-order valence-electron chi connectivity index (χ2n) is 4.01. The van der Waals surface area contributed by atoms with Gasteiger partial charge < -0.3 is 15.1 Å². The fourth-order valence-corrected chi connectivity index (χ4v) is 2.53. The van der Waals surface area contributed by atoms with E-state index in [0.717, 1.165) is 0 Å². The van der Waals surface area contributed by atoms with Crippen LogP contribution in [-0.4, -0.2) is 45.2 Å². The highest BCUT2D eigenvalue weighted by atomic mass is 16.4. The lowest BCUT2D eigenvalue weighted by atomic mass is 9.84. The molecule has 0 aliphatic carbocycles. The molecule has 2 fully saturated rings. The van der Waals surface area contributed by atoms with E-state index in [0.29, 0.717) is 12.8 Å². The van der Waals surface area contributed by atoms with Gasteiger partial charge in [0.25, 0.3) is 0 Å². The average molecular weight is 199 g/mol. The topological polar surface area (TPSA) is 77.8 Å². The molecule has 5 nitrogen and oxygen atoms in total. The standard InChI is InChI=1S/C9H13NO4/c1-4(11)7-5-2-3-6(9(13)14)10(5)8(7)12/h4-7,11H,2-3H2,1H3,(H,13,14). The van der Waals surface area contributed by atoms with Crippen molar-refractivity contribution in [3.05, 3.63) is 0 Å². The molecule has 0 aromatic carbocycles. The van der Waals surface area contributed by atoms with Crippen molar-refractivity contribution in [1.29, 1.82) is 0 Å². The molecule has 4 atom stereocenters. The van der Waals surface area contributed by atoms with Crippen LogP contribution in [0.25, 0.3) is 0 Å². The van der Waals surface area contributed by atoms with E-state index in [1.807, 2.05) is 0 Å². The molecule has 2 rings (SSSR count). The smallest absolute Gasteiger partial charge is 0.326 e. The summed E-state index contributed by atoms with van der Waals surface area (Å²) in [6, 6.07) is -0.717. The molecule has 0 bridgehead atoms. The van der Waals surface area contributed by atoms with Crippen molar-refractivity contribution < 1.29 is 19.8 Å². The number of amides is 1. The van der Waals surface area contributed by atoms with Gasteiger partial charge in [-0.2, -0.15) is 0 Å². The fraction of sp³-hybridized carbons (Fsp3) is 0.778. The Hall–Kier alpha value is -1.10. The van der Waals surface area contributed by atoms with Crippen LogP contribution in [0.15, 0.2) is 0 Å². The fourth-order valence-electron chi connectivity index (χ4n) is 2.53. The van der Waals surface area contributed by atoms with Gasteiger partial charge in [0, 0.05) is 6.04 Å². The van der Waals surface area contributed by atoms with Gasteiger partial charge in [-0.25, -0.2) is 4.79 Å². The van der Waals surface area contributed by atoms with Crippen LogP contribution >= 0.6 is 0 Å². The van der Waals surface area contributed by atoms with Crippen molar-refractivity contribution in [2.24, 2.45) is 5.92 Å². The van der Waals surface area contributed by atoms with Gasteiger partial charge in [0.2, 0.25) is 5.91 Å². The van der Waals surface area contributed by atoms with Crippen LogP contribution in [0, 0.1) is 5.92 Å². The zero-order valence-corrected chi connectivity index (χ0v) is 7.88. The molecule has 0 saturated carbocycles. The summed E-state index contributed by atoms with van der Waals surface area (Å²) in [6.45, 7) is 1.58. The minimum absolute atomic E-state index is 0.0522. The average Bonchev–Trinajstić information content (AvgIpc) is 2.42. The Bertz CT molecular complexity index is 289. The largest absolute Gasteiger partial charge is 0.480 e. The monoisotopic (exact) mass is 199 g/mol. The number of β-lactam (4-membered cyclic amide) rings is 1. The second kappa shape index (κ2) is 2.95. The number of carbonyl (C=O) groups is 2. The number of fused-ring (bicyclic) bond motifs is 1. The Balaban J connectivity index is 2.13. The van der Waals surface area contributed by atoms with Gasteiger partial charge in [-0.1, -0.05) is 0 Å². The lowest BCUT2D eigenvalue weighted by molar-refractivity contribution is -0.169. The predicted molar refractivity (Wildman–Crippen MR) is 46.5 cm³/mol. The number of aliphatic hydroxyl groups excluding tert-OH is 1. The number of aliphatic carboxylic acids is 1. The minimum atomic E-state index is -0.940. The minimum Gasteiger partial charge on any atom is -0.480 e. The molecular weight excluding hydrogens is 186 g/mol. The summed E-state index contributed by atoms with van der Waals surface area (Å²) < 4.78 is 0. The molecule has 5 heteroatoms. The third kappa shape index (κ3) is 1.05. The van der Waals surface area contributed by atoms with E-state index < -0.39 is 18.1 Å². The molecule has 78 valence electrons. The molecule has 0 spiro atoms. The van der Waals surface area contributed by atoms with Crippen LogP contribution < -0.4 is 0 Å². The summed E-state index contributed by atoms with van der Waals surface area (Å²) >= 11 is 0. The Morgan fingerprint density at radius 1 is 1.57 bits per heavy atom. The van der Waals surface area contributed by atoms with Crippen molar-refractivity contribution in [3.8, 4) is 0 Å². The first-order valence-corrected chi connectivity index (χ1v) is 4.77. The normalized spacial score (nSPS) is 37.7. The van der Waals surface area contributed by atoms with E-state index in [2.05, 4.69) is 0 Å². The van der Waals surface area contributed by atoms with Gasteiger partial charge in [-0.15, -0.1) is 0 Å². The van der Waals surface area contributed by atoms with E-state index in [1.54, 1.807) is 6.92 Å². The van der Waals surface area contributed by atoms with Gasteiger partial charge in [-0.05, 0) is 19.8 Å². The van der Waals surface area contributed by atoms with Crippen molar-refractivity contribution >= 4 is 11.9 Å². The quantitative estimate of drug-likeness (QED) is 0.584. The zero-order chi connectivity index (χ0) is 10.5. The summed E-state index contributed by atoms with van der Waals surface area (Å²) in [7, 11) is 0. The molecular formula is C9H13NO4. The van der Waals surface area contributed by atoms with Gasteiger partial charge in [0.15, 0.2) is 0 Å². The first kappa shape index (κ1) is 9.45. The molecule has 0 aromatic heterocycles. The second-order valence-corrected chi connectivity index (χ2v) is 4.01. The molecule has 2 heterocycles. The summed E-state index contributed by atoms with van der Waals surface area (Å²) in [5.41, 5.74) is 0. The Morgan fingerprint density at radius 3 is 2.71 bits per heavy atom. The molecule has 1 amide bonds. The highest BCUT2D eigenvalue weighted by molar-refractivity contribution is 5.92. The van der Waals surface area contributed by atoms with Crippen molar-refractivity contribution in [2.75, 3.05) is 0 Å². The lowest BCUT2D eigenvalue weighted by Gasteiger charge is -2.45. The lowest BCUT2D eigenvalue weighted by Crippen LogP contribution is -2.64. The van der Waals surface area contributed by atoms with E-state index >= 15 is 0 Å². The summed E-state index contributed by atoms with van der Waals surface area (Å²) in [5.74, 6) is -1.53. The molecule has 4 unspecified atom stereocenters. The van der Waals surface area contributed by atoms with Crippen LogP contribution in [0.2, 0.25) is 0 Å². The maximum Gasteiger partial charge on any atom is 0.326 e. The number of carboxylic acids is 1. The van der Waals surface area contributed by atoms with Crippen LogP contribution in [0.3, 0.4) is 0 Å². The number of carbonyl (C=O) groups excluding carboxylic acids is 1. The third-order valence-electron chi connectivity index (χ3n) is 3.19. The number of hydrogen-bond donors (Lipinski definition) is 2. The molecule has 2 saturated heterocycles. The van der Waals surface area contributed by atoms with Gasteiger partial charge >= 0.3 is 5.97 Å². The number of carboxylic acid groups (broad SMARTS) is 1. The van der Waals surface area contributed by atoms with Gasteiger partial charge in [0.1, 0.15) is 6.04 Å². The van der Waals surface area contributed by atoms with Crippen molar-refractivity contribution in [3.63, 3.8) is 0 Å². The predicted octanol–water partition coefficient (Wildman–Crippen LogP) is -0.559. The third-order valence-corrected chi connectivity index (χ3v) is 3.19. The van der Waals surface area contributed by atoms with Crippen LogP contribution in [0.4, 0.5) is 0 Å². The summed E-state index contributed by atoms with van der Waals surface area (Å²) in [5, 5.41) is 18.1. The molecule has 2 aliphatic rings. The van der Waals surface area contributed by atoms with Crippen molar-refractivity contribution in [1.82, 2.24) is 4.90 Å². The van der Waals surface area contributed by atoms with E-state index in [1.165, 1.54) is 4.90 Å². The number of rotatable bonds is 2. The molecule has 0 aromatic rings. The van der Waals surface area contributed by atoms with Crippen LogP contribution in [0.5, 0.6) is 0 Å². The first-order valence-electron chi connectivity index (χ1n) is 4.77. The number of aliphatic hydroxyl groups is 1. The maximum absolute atomic E-state index is 11.5. The molecule has 2 aliphatic heterocycles. The highest BCUT2D eigenvalue weighted by Crippen LogP contribution is 2.41. The zero-order valence-electron chi connectivity index (χ0n) is 7.88. The SMILES string of the molecule is CC(O)C1C(=O)N2C(C(=O)O)CCC12. The maximum atomic E-state index is 11.5. The molecule has 2 N–H and O–H groups in total. The van der Waals surface area contributed by atoms with Crippen LogP contribution in [0.1, 0.15) is 19.8 Å². The van der Waals surface area contributed by atoms with Crippen molar-refractivity contribution in [2.45, 2.75) is 38.0 Å². The van der Waals surface area contributed by atoms with Crippen LogP contribution in [-0.2, 0) is 9.59 Å². The van der Waals surface area contributed by atoms with E-state index in [-0.39, 0.29) is 17.9 Å². The molecule has 0 radical (unpaired) electrons. The summed E-state index contributed by atoms with van der Waals surface area (Å²) in [6.07, 6.45) is 0.532. The Morgan fingerprint density at radius 2 is 2.21 bits per heavy atom. The number of hydrogen-bond acceptors (Lipinski definition) is 3. The van der Waals surface area contributed by atoms with Gasteiger partial charge in [-0.3, -0.25) is 4.79 Å². The first-order chi connectivity index (χ1) is 6.54. The number of nitrogens with zero attached hydrogens (tertiary/aromatic N) is 1. The highest BCUT2D eigenvalue weighted by Gasteiger charge is 2.57. The molecule has 14 heavy (non-hydrogen) atoms. The van der Waals surface area contributed by atoms with E-state index in [9.17, 15) is 14.7 Å². The van der Waals surface area contributed by atoms with Gasteiger partial charge in [0.05, 0.1) is 12.0 Å². The Labute approximate surface area is 81.3 Å².